The number of nitrogens with one attached hydrogen (secondary N) is 2. The maximum atomic E-state index is 4.70. The van der Waals surface area contributed by atoms with Gasteiger partial charge in [-0.3, -0.25) is 0 Å². The number of benzene rings is 1. The first-order valence-corrected chi connectivity index (χ1v) is 9.17. The van der Waals surface area contributed by atoms with Crippen molar-refractivity contribution in [3.8, 4) is 0 Å². The second kappa shape index (κ2) is 11.9. The van der Waals surface area contributed by atoms with Crippen LogP contribution in [-0.2, 0) is 13.1 Å². The SMILES string of the molecule is CCNC(=NCc1nccn1CC(C)C)NCC(C)c1ccccc1.I. The summed E-state index contributed by atoms with van der Waals surface area (Å²) in [7, 11) is 0. The number of nitrogens with zero attached hydrogens (tertiary/aromatic N) is 3. The zero-order valence-electron chi connectivity index (χ0n) is 16.3. The van der Waals surface area contributed by atoms with Crippen LogP contribution in [0.2, 0.25) is 0 Å². The third-order valence-corrected chi connectivity index (χ3v) is 4.03. The number of halogens is 1. The highest BCUT2D eigenvalue weighted by Crippen LogP contribution is 2.13. The molecule has 1 atom stereocenters. The van der Waals surface area contributed by atoms with Gasteiger partial charge in [-0.2, -0.15) is 0 Å². The summed E-state index contributed by atoms with van der Waals surface area (Å²) in [6.45, 7) is 12.0. The number of guanidine groups is 1. The molecule has 0 saturated carbocycles. The number of imidazole rings is 1. The van der Waals surface area contributed by atoms with Gasteiger partial charge in [0.1, 0.15) is 12.4 Å². The van der Waals surface area contributed by atoms with Crippen LogP contribution in [-0.4, -0.2) is 28.6 Å². The maximum absolute atomic E-state index is 4.70. The van der Waals surface area contributed by atoms with E-state index >= 15 is 0 Å². The summed E-state index contributed by atoms with van der Waals surface area (Å²) < 4.78 is 2.18. The molecule has 0 amide bonds. The van der Waals surface area contributed by atoms with E-state index in [4.69, 9.17) is 4.99 Å². The van der Waals surface area contributed by atoms with Crippen LogP contribution in [0.15, 0.2) is 47.7 Å². The molecule has 0 spiro atoms. The lowest BCUT2D eigenvalue weighted by Gasteiger charge is -2.16. The normalized spacial score (nSPS) is 12.6. The van der Waals surface area contributed by atoms with Crippen molar-refractivity contribution in [2.45, 2.75) is 46.7 Å². The van der Waals surface area contributed by atoms with Crippen LogP contribution in [0, 0.1) is 5.92 Å². The van der Waals surface area contributed by atoms with Gasteiger partial charge in [0, 0.05) is 32.0 Å². The molecule has 144 valence electrons. The van der Waals surface area contributed by atoms with E-state index in [0.717, 1.165) is 31.4 Å². The molecular weight excluding hydrogens is 437 g/mol. The van der Waals surface area contributed by atoms with Gasteiger partial charge in [-0.25, -0.2) is 9.98 Å². The molecule has 1 heterocycles. The monoisotopic (exact) mass is 469 g/mol. The molecule has 1 unspecified atom stereocenters. The van der Waals surface area contributed by atoms with Crippen molar-refractivity contribution >= 4 is 29.9 Å². The van der Waals surface area contributed by atoms with E-state index < -0.39 is 0 Å². The molecule has 2 rings (SSSR count). The molecule has 6 heteroatoms. The summed E-state index contributed by atoms with van der Waals surface area (Å²) in [6, 6.07) is 10.5. The Morgan fingerprint density at radius 2 is 1.88 bits per heavy atom. The van der Waals surface area contributed by atoms with E-state index in [9.17, 15) is 0 Å². The van der Waals surface area contributed by atoms with E-state index in [1.54, 1.807) is 0 Å². The van der Waals surface area contributed by atoms with E-state index in [1.165, 1.54) is 5.56 Å². The lowest BCUT2D eigenvalue weighted by atomic mass is 10.0. The first-order chi connectivity index (χ1) is 12.1. The van der Waals surface area contributed by atoms with Gasteiger partial charge in [0.05, 0.1) is 0 Å². The Bertz CT molecular complexity index is 651. The van der Waals surface area contributed by atoms with E-state index in [-0.39, 0.29) is 24.0 Å². The van der Waals surface area contributed by atoms with Crippen molar-refractivity contribution in [3.05, 3.63) is 54.1 Å². The number of aromatic nitrogens is 2. The predicted octanol–water partition coefficient (Wildman–Crippen LogP) is 4.02. The van der Waals surface area contributed by atoms with Gasteiger partial charge in [-0.05, 0) is 24.3 Å². The molecule has 0 aliphatic rings. The highest BCUT2D eigenvalue weighted by molar-refractivity contribution is 14.0. The highest BCUT2D eigenvalue weighted by Gasteiger charge is 2.07. The largest absolute Gasteiger partial charge is 0.357 e. The van der Waals surface area contributed by atoms with Crippen LogP contribution >= 0.6 is 24.0 Å². The number of rotatable bonds is 8. The second-order valence-electron chi connectivity index (χ2n) is 6.78. The molecular formula is C20H32IN5. The van der Waals surface area contributed by atoms with Crippen LogP contribution in [0.25, 0.3) is 0 Å². The Morgan fingerprint density at radius 1 is 1.15 bits per heavy atom. The quantitative estimate of drug-likeness (QED) is 0.349. The molecule has 0 bridgehead atoms. The van der Waals surface area contributed by atoms with E-state index in [1.807, 2.05) is 12.4 Å². The minimum Gasteiger partial charge on any atom is -0.357 e. The zero-order chi connectivity index (χ0) is 18.1. The minimum absolute atomic E-state index is 0. The van der Waals surface area contributed by atoms with Crippen molar-refractivity contribution in [2.75, 3.05) is 13.1 Å². The lowest BCUT2D eigenvalue weighted by Crippen LogP contribution is -2.39. The highest BCUT2D eigenvalue weighted by atomic mass is 127. The Hall–Kier alpha value is -1.57. The molecule has 2 N–H and O–H groups in total. The third-order valence-electron chi connectivity index (χ3n) is 4.03. The van der Waals surface area contributed by atoms with Crippen LogP contribution in [0.3, 0.4) is 0 Å². The van der Waals surface area contributed by atoms with Gasteiger partial charge in [0.25, 0.3) is 0 Å². The molecule has 1 aromatic heterocycles. The molecule has 0 saturated heterocycles. The van der Waals surface area contributed by atoms with E-state index in [2.05, 4.69) is 78.2 Å². The first kappa shape index (κ1) is 22.5. The Labute approximate surface area is 174 Å². The Balaban J connectivity index is 0.00000338. The predicted molar refractivity (Wildman–Crippen MR) is 120 cm³/mol. The minimum atomic E-state index is 0. The fourth-order valence-electron chi connectivity index (χ4n) is 2.69. The van der Waals surface area contributed by atoms with Gasteiger partial charge in [-0.1, -0.05) is 51.1 Å². The zero-order valence-corrected chi connectivity index (χ0v) is 18.6. The standard InChI is InChI=1S/C20H31N5.HI/c1-5-21-20(23-13-17(4)18-9-7-6-8-10-18)24-14-19-22-11-12-25(19)15-16(2)3;/h6-12,16-17H,5,13-15H2,1-4H3,(H2,21,23,24);1H. The summed E-state index contributed by atoms with van der Waals surface area (Å²) in [4.78, 5) is 9.15. The fourth-order valence-corrected chi connectivity index (χ4v) is 2.69. The van der Waals surface area contributed by atoms with Crippen LogP contribution < -0.4 is 10.6 Å². The van der Waals surface area contributed by atoms with Gasteiger partial charge >= 0.3 is 0 Å². The van der Waals surface area contributed by atoms with Crippen molar-refractivity contribution in [1.29, 1.82) is 0 Å². The summed E-state index contributed by atoms with van der Waals surface area (Å²) in [5.41, 5.74) is 1.33. The Kier molecular flexibility index (Phi) is 10.3. The van der Waals surface area contributed by atoms with Crippen molar-refractivity contribution < 1.29 is 0 Å². The van der Waals surface area contributed by atoms with Gasteiger partial charge in [0.2, 0.25) is 0 Å². The summed E-state index contributed by atoms with van der Waals surface area (Å²) in [6.07, 6.45) is 3.88. The number of hydrogen-bond donors (Lipinski definition) is 2. The van der Waals surface area contributed by atoms with Crippen LogP contribution in [0.1, 0.15) is 45.0 Å². The van der Waals surface area contributed by atoms with Gasteiger partial charge in [-0.15, -0.1) is 24.0 Å². The Morgan fingerprint density at radius 3 is 2.54 bits per heavy atom. The topological polar surface area (TPSA) is 54.2 Å². The summed E-state index contributed by atoms with van der Waals surface area (Å²) in [5, 5.41) is 6.76. The van der Waals surface area contributed by atoms with Crippen molar-refractivity contribution in [1.82, 2.24) is 20.2 Å². The molecule has 26 heavy (non-hydrogen) atoms. The molecule has 0 fully saturated rings. The second-order valence-corrected chi connectivity index (χ2v) is 6.78. The van der Waals surface area contributed by atoms with Crippen LogP contribution in [0.4, 0.5) is 0 Å². The lowest BCUT2D eigenvalue weighted by molar-refractivity contribution is 0.507. The van der Waals surface area contributed by atoms with Crippen LogP contribution in [0.5, 0.6) is 0 Å². The third kappa shape index (κ3) is 7.35. The van der Waals surface area contributed by atoms with E-state index in [0.29, 0.717) is 18.4 Å². The molecule has 0 radical (unpaired) electrons. The molecule has 1 aromatic carbocycles. The smallest absolute Gasteiger partial charge is 0.191 e. The summed E-state index contributed by atoms with van der Waals surface area (Å²) in [5.74, 6) is 2.86. The first-order valence-electron chi connectivity index (χ1n) is 9.17. The molecule has 2 aromatic rings. The van der Waals surface area contributed by atoms with Crippen molar-refractivity contribution in [2.24, 2.45) is 10.9 Å². The molecule has 5 nitrogen and oxygen atoms in total. The summed E-state index contributed by atoms with van der Waals surface area (Å²) >= 11 is 0. The fraction of sp³-hybridized carbons (Fsp3) is 0.500. The van der Waals surface area contributed by atoms with Crippen molar-refractivity contribution in [3.63, 3.8) is 0 Å². The molecule has 0 aliphatic heterocycles. The number of aliphatic imine (C=N–C) groups is 1. The van der Waals surface area contributed by atoms with Gasteiger partial charge in [0.15, 0.2) is 5.96 Å². The average Bonchev–Trinajstić information content (AvgIpc) is 3.04. The average molecular weight is 469 g/mol. The van der Waals surface area contributed by atoms with Gasteiger partial charge < -0.3 is 15.2 Å². The molecule has 0 aliphatic carbocycles. The maximum Gasteiger partial charge on any atom is 0.191 e. The number of hydrogen-bond acceptors (Lipinski definition) is 2.